The molecule has 0 saturated heterocycles. The maximum absolute atomic E-state index is 12.7. The number of nitrogens with one attached hydrogen (secondary N) is 2. The van der Waals surface area contributed by atoms with Crippen molar-refractivity contribution >= 4 is 17.9 Å². The molecule has 1 aromatic carbocycles. The van der Waals surface area contributed by atoms with Gasteiger partial charge in [0, 0.05) is 24.7 Å². The van der Waals surface area contributed by atoms with Crippen LogP contribution in [0.15, 0.2) is 42.5 Å². The van der Waals surface area contributed by atoms with Gasteiger partial charge in [-0.1, -0.05) is 36.4 Å². The van der Waals surface area contributed by atoms with Gasteiger partial charge in [0.2, 0.25) is 11.8 Å². The molecule has 1 aromatic rings. The number of amides is 3. The number of carbonyl (C=O) groups excluding carboxylic acids is 2. The molecule has 0 fully saturated rings. The fourth-order valence-corrected chi connectivity index (χ4v) is 2.92. The van der Waals surface area contributed by atoms with Gasteiger partial charge < -0.3 is 15.7 Å². The molecule has 0 aromatic heterocycles. The standard InChI is InChI=1S/C21H31N3O4/c1-15(24(20(27)28)21(2,3)4)19(26)23-17(13-14-18(25)22-5)12-11-16-9-7-6-8-10-16/h6-10,13-15,17H,11-12H2,1-5H3,(H,22,25)(H,23,26)(H,27,28)/b14-13+/t15-,17-/m0/s1. The minimum atomic E-state index is -1.16. The second-order valence-electron chi connectivity index (χ2n) is 7.61. The predicted molar refractivity (Wildman–Crippen MR) is 109 cm³/mol. The molecule has 1 rings (SSSR count). The highest BCUT2D eigenvalue weighted by Crippen LogP contribution is 2.18. The van der Waals surface area contributed by atoms with Crippen molar-refractivity contribution in [3.05, 3.63) is 48.0 Å². The third-order valence-electron chi connectivity index (χ3n) is 4.34. The summed E-state index contributed by atoms with van der Waals surface area (Å²) in [5.41, 5.74) is 0.394. The number of rotatable bonds is 8. The first-order valence-corrected chi connectivity index (χ1v) is 9.32. The van der Waals surface area contributed by atoms with Gasteiger partial charge in [0.1, 0.15) is 6.04 Å². The van der Waals surface area contributed by atoms with Gasteiger partial charge in [-0.15, -0.1) is 0 Å². The summed E-state index contributed by atoms with van der Waals surface area (Å²) in [7, 11) is 1.53. The largest absolute Gasteiger partial charge is 0.465 e. The van der Waals surface area contributed by atoms with E-state index in [1.54, 1.807) is 33.8 Å². The van der Waals surface area contributed by atoms with Crippen LogP contribution in [-0.2, 0) is 16.0 Å². The fraction of sp³-hybridized carbons (Fsp3) is 0.476. The van der Waals surface area contributed by atoms with E-state index in [9.17, 15) is 19.5 Å². The van der Waals surface area contributed by atoms with Crippen molar-refractivity contribution in [2.24, 2.45) is 0 Å². The molecule has 0 bridgehead atoms. The molecule has 7 heteroatoms. The Hall–Kier alpha value is -2.83. The van der Waals surface area contributed by atoms with Gasteiger partial charge in [0.05, 0.1) is 0 Å². The summed E-state index contributed by atoms with van der Waals surface area (Å²) in [6, 6.07) is 8.54. The maximum Gasteiger partial charge on any atom is 0.408 e. The first-order valence-electron chi connectivity index (χ1n) is 9.32. The lowest BCUT2D eigenvalue weighted by Gasteiger charge is -2.37. The lowest BCUT2D eigenvalue weighted by atomic mass is 10.0. The van der Waals surface area contributed by atoms with Gasteiger partial charge in [-0.2, -0.15) is 0 Å². The van der Waals surface area contributed by atoms with Gasteiger partial charge in [0.15, 0.2) is 0 Å². The van der Waals surface area contributed by atoms with E-state index in [-0.39, 0.29) is 5.91 Å². The number of benzene rings is 1. The maximum atomic E-state index is 12.7. The van der Waals surface area contributed by atoms with Crippen LogP contribution < -0.4 is 10.6 Å². The Morgan fingerprint density at radius 3 is 2.29 bits per heavy atom. The average molecular weight is 389 g/mol. The second-order valence-corrected chi connectivity index (χ2v) is 7.61. The molecule has 2 atom stereocenters. The third kappa shape index (κ3) is 7.42. The minimum absolute atomic E-state index is 0.270. The van der Waals surface area contributed by atoms with Crippen LogP contribution >= 0.6 is 0 Å². The lowest BCUT2D eigenvalue weighted by Crippen LogP contribution is -2.56. The van der Waals surface area contributed by atoms with Crippen molar-refractivity contribution in [3.63, 3.8) is 0 Å². The van der Waals surface area contributed by atoms with Crippen LogP contribution in [0.4, 0.5) is 4.79 Å². The zero-order valence-electron chi connectivity index (χ0n) is 17.2. The molecule has 7 nitrogen and oxygen atoms in total. The first kappa shape index (κ1) is 23.2. The van der Waals surface area contributed by atoms with E-state index in [2.05, 4.69) is 10.6 Å². The van der Waals surface area contributed by atoms with Crippen molar-refractivity contribution in [1.82, 2.24) is 15.5 Å². The van der Waals surface area contributed by atoms with E-state index in [4.69, 9.17) is 0 Å². The average Bonchev–Trinajstić information content (AvgIpc) is 2.62. The predicted octanol–water partition coefficient (Wildman–Crippen LogP) is 2.57. The Morgan fingerprint density at radius 1 is 1.18 bits per heavy atom. The van der Waals surface area contributed by atoms with E-state index < -0.39 is 29.6 Å². The molecule has 28 heavy (non-hydrogen) atoms. The molecule has 3 amide bonds. The van der Waals surface area contributed by atoms with Gasteiger partial charge >= 0.3 is 6.09 Å². The molecular formula is C21H31N3O4. The zero-order chi connectivity index (χ0) is 21.3. The molecule has 0 aliphatic heterocycles. The van der Waals surface area contributed by atoms with Crippen LogP contribution in [0.25, 0.3) is 0 Å². The molecule has 3 N–H and O–H groups in total. The monoisotopic (exact) mass is 389 g/mol. The van der Waals surface area contributed by atoms with Crippen LogP contribution in [0.2, 0.25) is 0 Å². The summed E-state index contributed by atoms with van der Waals surface area (Å²) in [6.07, 6.45) is 3.14. The van der Waals surface area contributed by atoms with Gasteiger partial charge in [-0.05, 0) is 46.1 Å². The number of carbonyl (C=O) groups is 3. The molecule has 0 aliphatic carbocycles. The number of hydrogen-bond acceptors (Lipinski definition) is 3. The number of carboxylic acid groups (broad SMARTS) is 1. The summed E-state index contributed by atoms with van der Waals surface area (Å²) in [5.74, 6) is -0.675. The SMILES string of the molecule is CNC(=O)/C=C/[C@H](CCc1ccccc1)NC(=O)[C@H](C)N(C(=O)O)C(C)(C)C. The molecule has 0 radical (unpaired) electrons. The van der Waals surface area contributed by atoms with Crippen LogP contribution in [0.1, 0.15) is 39.7 Å². The van der Waals surface area contributed by atoms with Crippen molar-refractivity contribution in [2.75, 3.05) is 7.05 Å². The third-order valence-corrected chi connectivity index (χ3v) is 4.34. The Kier molecular flexibility index (Phi) is 8.70. The molecule has 0 spiro atoms. The Labute approximate surface area is 166 Å². The topological polar surface area (TPSA) is 98.7 Å². The summed E-state index contributed by atoms with van der Waals surface area (Å²) < 4.78 is 0. The normalized spacial score (nSPS) is 13.6. The zero-order valence-corrected chi connectivity index (χ0v) is 17.2. The molecule has 154 valence electrons. The summed E-state index contributed by atoms with van der Waals surface area (Å²) in [4.78, 5) is 37.0. The van der Waals surface area contributed by atoms with Crippen LogP contribution in [0, 0.1) is 0 Å². The van der Waals surface area contributed by atoms with E-state index in [0.717, 1.165) is 10.5 Å². The Balaban J connectivity index is 2.90. The fourth-order valence-electron chi connectivity index (χ4n) is 2.92. The highest BCUT2D eigenvalue weighted by atomic mass is 16.4. The Morgan fingerprint density at radius 2 is 1.79 bits per heavy atom. The highest BCUT2D eigenvalue weighted by Gasteiger charge is 2.34. The van der Waals surface area contributed by atoms with Crippen molar-refractivity contribution < 1.29 is 19.5 Å². The smallest absolute Gasteiger partial charge is 0.408 e. The number of hydrogen-bond donors (Lipinski definition) is 3. The van der Waals surface area contributed by atoms with Crippen molar-refractivity contribution in [3.8, 4) is 0 Å². The van der Waals surface area contributed by atoms with E-state index in [0.29, 0.717) is 12.8 Å². The highest BCUT2D eigenvalue weighted by molar-refractivity contribution is 5.88. The summed E-state index contributed by atoms with van der Waals surface area (Å²) >= 11 is 0. The minimum Gasteiger partial charge on any atom is -0.465 e. The van der Waals surface area contributed by atoms with Gasteiger partial charge in [0.25, 0.3) is 0 Å². The molecule has 0 aliphatic rings. The number of nitrogens with zero attached hydrogens (tertiary/aromatic N) is 1. The second kappa shape index (κ2) is 10.5. The molecular weight excluding hydrogens is 358 g/mol. The van der Waals surface area contributed by atoms with Gasteiger partial charge in [-0.25, -0.2) is 4.79 Å². The van der Waals surface area contributed by atoms with E-state index >= 15 is 0 Å². The van der Waals surface area contributed by atoms with Crippen molar-refractivity contribution in [1.29, 1.82) is 0 Å². The first-order chi connectivity index (χ1) is 13.1. The lowest BCUT2D eigenvalue weighted by molar-refractivity contribution is -0.127. The van der Waals surface area contributed by atoms with Crippen LogP contribution in [0.3, 0.4) is 0 Å². The molecule has 0 unspecified atom stereocenters. The molecule has 0 saturated carbocycles. The number of likely N-dealkylation sites (N-methyl/N-ethyl adjacent to an activating group) is 1. The Bertz CT molecular complexity index is 695. The van der Waals surface area contributed by atoms with Gasteiger partial charge in [-0.3, -0.25) is 14.5 Å². The quantitative estimate of drug-likeness (QED) is 0.595. The van der Waals surface area contributed by atoms with Crippen molar-refractivity contribution in [2.45, 2.75) is 58.2 Å². The van der Waals surface area contributed by atoms with E-state index in [1.807, 2.05) is 30.3 Å². The molecule has 0 heterocycles. The summed E-state index contributed by atoms with van der Waals surface area (Å²) in [5, 5.41) is 14.9. The van der Waals surface area contributed by atoms with Crippen LogP contribution in [-0.4, -0.2) is 52.6 Å². The summed E-state index contributed by atoms with van der Waals surface area (Å²) in [6.45, 7) is 6.78. The van der Waals surface area contributed by atoms with E-state index in [1.165, 1.54) is 13.1 Å². The van der Waals surface area contributed by atoms with Crippen LogP contribution in [0.5, 0.6) is 0 Å². The number of aryl methyl sites for hydroxylation is 1.